The maximum Gasteiger partial charge on any atom is 0.244 e. The summed E-state index contributed by atoms with van der Waals surface area (Å²) in [4.78, 5) is 17.3. The quantitative estimate of drug-likeness (QED) is 0.825. The Morgan fingerprint density at radius 3 is 2.78 bits per heavy atom. The van der Waals surface area contributed by atoms with E-state index in [1.807, 2.05) is 19.0 Å². The van der Waals surface area contributed by atoms with Crippen LogP contribution in [-0.4, -0.2) is 68.3 Å². The number of nitrogens with one attached hydrogen (secondary N) is 1. The Labute approximate surface area is 137 Å². The summed E-state index contributed by atoms with van der Waals surface area (Å²) in [5, 5.41) is 2.84. The van der Waals surface area contributed by atoms with Crippen molar-refractivity contribution in [1.82, 2.24) is 19.5 Å². The van der Waals surface area contributed by atoms with Crippen LogP contribution in [0.2, 0.25) is 0 Å². The number of carbonyl (C=O) groups excluding carboxylic acids is 1. The van der Waals surface area contributed by atoms with Crippen LogP contribution in [0.4, 0.5) is 0 Å². The minimum Gasteiger partial charge on any atom is -0.356 e. The lowest BCUT2D eigenvalue weighted by molar-refractivity contribution is -0.119. The number of nitrogens with zero attached hydrogens (tertiary/aromatic N) is 3. The summed E-state index contributed by atoms with van der Waals surface area (Å²) < 4.78 is 27.0. The van der Waals surface area contributed by atoms with E-state index in [2.05, 4.69) is 10.3 Å². The first-order valence-electron chi connectivity index (χ1n) is 7.63. The van der Waals surface area contributed by atoms with Crippen LogP contribution in [-0.2, 0) is 14.8 Å². The highest BCUT2D eigenvalue weighted by atomic mass is 32.2. The van der Waals surface area contributed by atoms with Crippen LogP contribution in [0, 0.1) is 5.92 Å². The standard InChI is InChI=1S/C15H24N4O3S/c1-12(20)17-9-13-6-8-19(11-15(13)18(2)3)23(21,22)14-5-4-7-16-10-14/h4-5,7,10,13,15H,6,8-9,11H2,1-3H3,(H,17,20)/t13-,15-/m1/s1. The number of pyridine rings is 1. The molecule has 2 heterocycles. The highest BCUT2D eigenvalue weighted by Gasteiger charge is 2.36. The van der Waals surface area contributed by atoms with Crippen LogP contribution < -0.4 is 5.32 Å². The van der Waals surface area contributed by atoms with Crippen LogP contribution in [0.15, 0.2) is 29.4 Å². The van der Waals surface area contributed by atoms with Crippen LogP contribution in [0.3, 0.4) is 0 Å². The van der Waals surface area contributed by atoms with E-state index in [4.69, 9.17) is 0 Å². The third-order valence-corrected chi connectivity index (χ3v) is 6.08. The number of hydrogen-bond donors (Lipinski definition) is 1. The molecule has 1 aromatic rings. The SMILES string of the molecule is CC(=O)NC[C@H]1CCN(S(=O)(=O)c2cccnc2)C[C@H]1N(C)C. The van der Waals surface area contributed by atoms with Gasteiger partial charge in [0, 0.05) is 45.0 Å². The molecule has 1 aliphatic heterocycles. The summed E-state index contributed by atoms with van der Waals surface area (Å²) in [7, 11) is 0.346. The Hall–Kier alpha value is -1.51. The predicted molar refractivity (Wildman–Crippen MR) is 87.3 cm³/mol. The number of piperidine rings is 1. The molecule has 8 heteroatoms. The van der Waals surface area contributed by atoms with Gasteiger partial charge in [-0.1, -0.05) is 0 Å². The monoisotopic (exact) mass is 340 g/mol. The molecule has 1 aliphatic rings. The van der Waals surface area contributed by atoms with E-state index in [0.29, 0.717) is 26.1 Å². The van der Waals surface area contributed by atoms with E-state index >= 15 is 0 Å². The first kappa shape index (κ1) is 17.8. The lowest BCUT2D eigenvalue weighted by atomic mass is 9.92. The fourth-order valence-electron chi connectivity index (χ4n) is 2.92. The second-order valence-electron chi connectivity index (χ2n) is 6.07. The van der Waals surface area contributed by atoms with E-state index in [9.17, 15) is 13.2 Å². The molecular formula is C15H24N4O3S. The number of rotatable bonds is 5. The molecule has 0 spiro atoms. The van der Waals surface area contributed by atoms with Crippen molar-refractivity contribution >= 4 is 15.9 Å². The summed E-state index contributed by atoms with van der Waals surface area (Å²) >= 11 is 0. The van der Waals surface area contributed by atoms with Crippen molar-refractivity contribution in [3.05, 3.63) is 24.5 Å². The third kappa shape index (κ3) is 4.27. The van der Waals surface area contributed by atoms with Crippen molar-refractivity contribution in [2.75, 3.05) is 33.7 Å². The number of sulfonamides is 1. The molecule has 0 aromatic carbocycles. The molecule has 0 radical (unpaired) electrons. The van der Waals surface area contributed by atoms with E-state index in [1.165, 1.54) is 17.4 Å². The Morgan fingerprint density at radius 1 is 1.48 bits per heavy atom. The molecule has 0 unspecified atom stereocenters. The van der Waals surface area contributed by atoms with Crippen molar-refractivity contribution in [3.8, 4) is 0 Å². The van der Waals surface area contributed by atoms with Crippen LogP contribution in [0.25, 0.3) is 0 Å². The molecule has 1 fully saturated rings. The zero-order chi connectivity index (χ0) is 17.0. The van der Waals surface area contributed by atoms with Crippen LogP contribution >= 0.6 is 0 Å². The molecule has 2 rings (SSSR count). The van der Waals surface area contributed by atoms with Gasteiger partial charge in [0.2, 0.25) is 15.9 Å². The molecule has 0 bridgehead atoms. The van der Waals surface area contributed by atoms with Gasteiger partial charge < -0.3 is 10.2 Å². The lowest BCUT2D eigenvalue weighted by Crippen LogP contribution is -2.54. The molecule has 7 nitrogen and oxygen atoms in total. The summed E-state index contributed by atoms with van der Waals surface area (Å²) in [6.45, 7) is 2.92. The second kappa shape index (κ2) is 7.37. The molecule has 0 aliphatic carbocycles. The topological polar surface area (TPSA) is 82.6 Å². The van der Waals surface area contributed by atoms with E-state index in [-0.39, 0.29) is 22.8 Å². The van der Waals surface area contributed by atoms with Gasteiger partial charge in [0.25, 0.3) is 0 Å². The largest absolute Gasteiger partial charge is 0.356 e. The van der Waals surface area contributed by atoms with Gasteiger partial charge in [-0.3, -0.25) is 9.78 Å². The number of hydrogen-bond acceptors (Lipinski definition) is 5. The van der Waals surface area contributed by atoms with Crippen molar-refractivity contribution in [1.29, 1.82) is 0 Å². The first-order chi connectivity index (χ1) is 10.8. The van der Waals surface area contributed by atoms with Crippen LogP contribution in [0.1, 0.15) is 13.3 Å². The summed E-state index contributed by atoms with van der Waals surface area (Å²) in [6, 6.07) is 3.25. The van der Waals surface area contributed by atoms with Gasteiger partial charge in [0.05, 0.1) is 0 Å². The molecule has 1 aromatic heterocycles. The van der Waals surface area contributed by atoms with E-state index < -0.39 is 10.0 Å². The third-order valence-electron chi connectivity index (χ3n) is 4.23. The minimum absolute atomic E-state index is 0.0575. The molecule has 1 N–H and O–H groups in total. The maximum absolute atomic E-state index is 12.7. The average Bonchev–Trinajstić information content (AvgIpc) is 2.53. The molecule has 1 saturated heterocycles. The van der Waals surface area contributed by atoms with E-state index in [0.717, 1.165) is 0 Å². The predicted octanol–water partition coefficient (Wildman–Crippen LogP) is 0.159. The Kier molecular flexibility index (Phi) is 5.72. The molecule has 0 saturated carbocycles. The average molecular weight is 340 g/mol. The van der Waals surface area contributed by atoms with Gasteiger partial charge in [-0.2, -0.15) is 4.31 Å². The Morgan fingerprint density at radius 2 is 2.22 bits per heavy atom. The van der Waals surface area contributed by atoms with Crippen molar-refractivity contribution in [3.63, 3.8) is 0 Å². The van der Waals surface area contributed by atoms with Crippen molar-refractivity contribution in [2.45, 2.75) is 24.3 Å². The van der Waals surface area contributed by atoms with Crippen molar-refractivity contribution in [2.24, 2.45) is 5.92 Å². The summed E-state index contributed by atoms with van der Waals surface area (Å²) in [5.74, 6) is 0.169. The number of amides is 1. The normalized spacial score (nSPS) is 23.0. The zero-order valence-corrected chi connectivity index (χ0v) is 14.6. The van der Waals surface area contributed by atoms with Crippen LogP contribution in [0.5, 0.6) is 0 Å². The summed E-state index contributed by atoms with van der Waals surface area (Å²) in [6.07, 6.45) is 3.65. The second-order valence-corrected chi connectivity index (χ2v) is 8.01. The molecule has 128 valence electrons. The first-order valence-corrected chi connectivity index (χ1v) is 9.07. The van der Waals surface area contributed by atoms with E-state index in [1.54, 1.807) is 18.3 Å². The minimum atomic E-state index is -3.53. The molecular weight excluding hydrogens is 316 g/mol. The highest BCUT2D eigenvalue weighted by molar-refractivity contribution is 7.89. The number of aromatic nitrogens is 1. The maximum atomic E-state index is 12.7. The fourth-order valence-corrected chi connectivity index (χ4v) is 4.35. The highest BCUT2D eigenvalue weighted by Crippen LogP contribution is 2.25. The molecule has 23 heavy (non-hydrogen) atoms. The smallest absolute Gasteiger partial charge is 0.244 e. The summed E-state index contributed by atoms with van der Waals surface area (Å²) in [5.41, 5.74) is 0. The zero-order valence-electron chi connectivity index (χ0n) is 13.8. The molecule has 2 atom stereocenters. The Bertz CT molecular complexity index is 633. The lowest BCUT2D eigenvalue weighted by Gasteiger charge is -2.41. The van der Waals surface area contributed by atoms with Gasteiger partial charge >= 0.3 is 0 Å². The Balaban J connectivity index is 2.14. The van der Waals surface area contributed by atoms with Gasteiger partial charge in [0.1, 0.15) is 4.90 Å². The van der Waals surface area contributed by atoms with Gasteiger partial charge in [-0.05, 0) is 38.6 Å². The number of carbonyl (C=O) groups is 1. The van der Waals surface area contributed by atoms with Gasteiger partial charge in [-0.15, -0.1) is 0 Å². The number of likely N-dealkylation sites (N-methyl/N-ethyl adjacent to an activating group) is 1. The van der Waals surface area contributed by atoms with Gasteiger partial charge in [-0.25, -0.2) is 8.42 Å². The van der Waals surface area contributed by atoms with Crippen molar-refractivity contribution < 1.29 is 13.2 Å². The fraction of sp³-hybridized carbons (Fsp3) is 0.600. The van der Waals surface area contributed by atoms with Gasteiger partial charge in [0.15, 0.2) is 0 Å². The molecule has 1 amide bonds.